The highest BCUT2D eigenvalue weighted by atomic mass is 16.4. The first-order chi connectivity index (χ1) is 3.85. The summed E-state index contributed by atoms with van der Waals surface area (Å²) in [5, 5.41) is 0. The van der Waals surface area contributed by atoms with Crippen LogP contribution >= 0.6 is 0 Å². The van der Waals surface area contributed by atoms with Crippen molar-refractivity contribution in [1.82, 2.24) is 0 Å². The van der Waals surface area contributed by atoms with Gasteiger partial charge in [0.05, 0.1) is 0 Å². The summed E-state index contributed by atoms with van der Waals surface area (Å²) < 4.78 is 4.64. The Balaban J connectivity index is 3.07. The zero-order valence-corrected chi connectivity index (χ0v) is 5.68. The van der Waals surface area contributed by atoms with Gasteiger partial charge in [0.2, 0.25) is 0 Å². The summed E-state index contributed by atoms with van der Waals surface area (Å²) in [5.74, 6) is 0. The summed E-state index contributed by atoms with van der Waals surface area (Å²) in [6.45, 7) is 4.20. The van der Waals surface area contributed by atoms with Crippen molar-refractivity contribution in [1.29, 1.82) is 0 Å². The van der Waals surface area contributed by atoms with Crippen molar-refractivity contribution in [3.8, 4) is 0 Å². The molecule has 1 atom stereocenters. The molecule has 0 aromatic heterocycles. The summed E-state index contributed by atoms with van der Waals surface area (Å²) in [7, 11) is 4.97. The quantitative estimate of drug-likeness (QED) is 0.502. The van der Waals surface area contributed by atoms with E-state index in [0.717, 1.165) is 19.3 Å². The molecule has 1 nitrogen and oxygen atoms in total. The van der Waals surface area contributed by atoms with Crippen molar-refractivity contribution in [3.63, 3.8) is 0 Å². The Bertz CT molecular complexity index is 43.8. The highest BCUT2D eigenvalue weighted by molar-refractivity contribution is 5.98. The number of hydrogen-bond donors (Lipinski definition) is 0. The fraction of sp³-hybridized carbons (Fsp3) is 1.00. The molecule has 0 amide bonds. The molecule has 0 saturated carbocycles. The average Bonchev–Trinajstić information content (AvgIpc) is 1.83. The van der Waals surface area contributed by atoms with Gasteiger partial charge in [0.15, 0.2) is 0 Å². The minimum atomic E-state index is 0.278. The van der Waals surface area contributed by atoms with Crippen molar-refractivity contribution in [2.45, 2.75) is 39.2 Å². The van der Waals surface area contributed by atoms with Crippen LogP contribution in [0.4, 0.5) is 0 Å². The summed E-state index contributed by atoms with van der Waals surface area (Å²) in [6, 6.07) is 0. The fourth-order valence-electron chi connectivity index (χ4n) is 0.690. The Morgan fingerprint density at radius 2 is 2.12 bits per heavy atom. The van der Waals surface area contributed by atoms with Crippen LogP contribution in [0.25, 0.3) is 0 Å². The average molecular weight is 112 g/mol. The first-order valence-corrected chi connectivity index (χ1v) is 3.20. The standard InChI is InChI=1S/C6H13BO/c1-3-5-6(4-2)8-7/h6H,3-5H2,1-2H3. The minimum absolute atomic E-state index is 0.278. The lowest BCUT2D eigenvalue weighted by Gasteiger charge is -2.10. The second-order valence-electron chi connectivity index (χ2n) is 1.96. The Hall–Kier alpha value is 0.0249. The van der Waals surface area contributed by atoms with Gasteiger partial charge in [-0.2, -0.15) is 0 Å². The molecule has 1 unspecified atom stereocenters. The number of rotatable bonds is 4. The van der Waals surface area contributed by atoms with Crippen molar-refractivity contribution >= 4 is 8.05 Å². The van der Waals surface area contributed by atoms with E-state index in [1.165, 1.54) is 0 Å². The maximum atomic E-state index is 4.97. The Labute approximate surface area is 52.9 Å². The van der Waals surface area contributed by atoms with E-state index in [4.69, 9.17) is 8.05 Å². The molecule has 0 aliphatic heterocycles. The van der Waals surface area contributed by atoms with Crippen molar-refractivity contribution in [2.24, 2.45) is 0 Å². The topological polar surface area (TPSA) is 9.23 Å². The first-order valence-electron chi connectivity index (χ1n) is 3.20. The van der Waals surface area contributed by atoms with E-state index in [2.05, 4.69) is 18.5 Å². The van der Waals surface area contributed by atoms with Gasteiger partial charge in [0, 0.05) is 6.10 Å². The maximum absolute atomic E-state index is 4.97. The monoisotopic (exact) mass is 112 g/mol. The predicted octanol–water partition coefficient (Wildman–Crippen LogP) is 1.67. The highest BCUT2D eigenvalue weighted by Gasteiger charge is 1.98. The third-order valence-electron chi connectivity index (χ3n) is 1.26. The molecule has 0 spiro atoms. The molecule has 0 aromatic carbocycles. The molecule has 0 fully saturated rings. The second kappa shape index (κ2) is 5.17. The summed E-state index contributed by atoms with van der Waals surface area (Å²) >= 11 is 0. The van der Waals surface area contributed by atoms with Gasteiger partial charge in [-0.05, 0) is 12.8 Å². The van der Waals surface area contributed by atoms with Gasteiger partial charge in [-0.3, -0.25) is 0 Å². The van der Waals surface area contributed by atoms with Gasteiger partial charge < -0.3 is 4.65 Å². The molecular formula is C6H13BO. The van der Waals surface area contributed by atoms with Gasteiger partial charge in [-0.25, -0.2) is 0 Å². The predicted molar refractivity (Wildman–Crippen MR) is 35.8 cm³/mol. The van der Waals surface area contributed by atoms with Crippen LogP contribution in [0.2, 0.25) is 0 Å². The molecule has 0 aliphatic rings. The zero-order valence-electron chi connectivity index (χ0n) is 5.68. The molecule has 0 N–H and O–H groups in total. The Morgan fingerprint density at radius 3 is 2.25 bits per heavy atom. The van der Waals surface area contributed by atoms with Crippen LogP contribution in [0, 0.1) is 0 Å². The van der Waals surface area contributed by atoms with Crippen LogP contribution < -0.4 is 0 Å². The van der Waals surface area contributed by atoms with Crippen molar-refractivity contribution in [3.05, 3.63) is 0 Å². The largest absolute Gasteiger partial charge is 0.445 e. The molecule has 0 heterocycles. The molecule has 0 bridgehead atoms. The number of hydrogen-bond acceptors (Lipinski definition) is 1. The zero-order chi connectivity index (χ0) is 6.41. The van der Waals surface area contributed by atoms with E-state index in [1.807, 2.05) is 0 Å². The lowest BCUT2D eigenvalue weighted by molar-refractivity contribution is 0.204. The van der Waals surface area contributed by atoms with Crippen LogP contribution in [0.5, 0.6) is 0 Å². The molecular weight excluding hydrogens is 98.9 g/mol. The van der Waals surface area contributed by atoms with Crippen molar-refractivity contribution in [2.75, 3.05) is 0 Å². The molecule has 46 valence electrons. The van der Waals surface area contributed by atoms with E-state index < -0.39 is 0 Å². The molecule has 0 rings (SSSR count). The van der Waals surface area contributed by atoms with Gasteiger partial charge >= 0.3 is 0 Å². The molecule has 0 aromatic rings. The van der Waals surface area contributed by atoms with E-state index in [0.29, 0.717) is 0 Å². The van der Waals surface area contributed by atoms with Gasteiger partial charge in [0.1, 0.15) is 0 Å². The van der Waals surface area contributed by atoms with E-state index in [-0.39, 0.29) is 6.10 Å². The molecule has 0 saturated heterocycles. The van der Waals surface area contributed by atoms with Gasteiger partial charge in [-0.1, -0.05) is 20.3 Å². The van der Waals surface area contributed by atoms with Gasteiger partial charge in [-0.15, -0.1) is 0 Å². The molecule has 2 radical (unpaired) electrons. The second-order valence-corrected chi connectivity index (χ2v) is 1.96. The summed E-state index contributed by atoms with van der Waals surface area (Å²) in [6.07, 6.45) is 3.52. The van der Waals surface area contributed by atoms with Crippen LogP contribution in [-0.2, 0) is 4.65 Å². The van der Waals surface area contributed by atoms with Crippen LogP contribution in [0.3, 0.4) is 0 Å². The lowest BCUT2D eigenvalue weighted by atomic mass is 10.1. The van der Waals surface area contributed by atoms with E-state index in [9.17, 15) is 0 Å². The minimum Gasteiger partial charge on any atom is -0.445 e. The van der Waals surface area contributed by atoms with Gasteiger partial charge in [0.25, 0.3) is 8.05 Å². The summed E-state index contributed by atoms with van der Waals surface area (Å²) in [5.41, 5.74) is 0. The first kappa shape index (κ1) is 8.02. The Morgan fingerprint density at radius 1 is 1.50 bits per heavy atom. The Kier molecular flexibility index (Phi) is 5.18. The van der Waals surface area contributed by atoms with E-state index >= 15 is 0 Å². The van der Waals surface area contributed by atoms with Crippen molar-refractivity contribution < 1.29 is 4.65 Å². The van der Waals surface area contributed by atoms with Crippen LogP contribution in [0.1, 0.15) is 33.1 Å². The third kappa shape index (κ3) is 3.08. The van der Waals surface area contributed by atoms with Crippen LogP contribution in [0.15, 0.2) is 0 Å². The summed E-state index contributed by atoms with van der Waals surface area (Å²) in [4.78, 5) is 0. The normalized spacial score (nSPS) is 13.8. The van der Waals surface area contributed by atoms with Crippen LogP contribution in [-0.4, -0.2) is 14.2 Å². The highest BCUT2D eigenvalue weighted by Crippen LogP contribution is 2.02. The SMILES string of the molecule is [B]OC(CC)CCC. The van der Waals surface area contributed by atoms with E-state index in [1.54, 1.807) is 0 Å². The lowest BCUT2D eigenvalue weighted by Crippen LogP contribution is -2.08. The maximum Gasteiger partial charge on any atom is 0.283 e. The molecule has 0 aliphatic carbocycles. The molecule has 2 heteroatoms. The molecule has 8 heavy (non-hydrogen) atoms. The third-order valence-corrected chi connectivity index (χ3v) is 1.26. The fourth-order valence-corrected chi connectivity index (χ4v) is 0.690. The smallest absolute Gasteiger partial charge is 0.283 e.